The predicted octanol–water partition coefficient (Wildman–Crippen LogP) is 14.5. The van der Waals surface area contributed by atoms with Crippen molar-refractivity contribution in [2.45, 2.75) is 12.3 Å². The van der Waals surface area contributed by atoms with Crippen LogP contribution in [-0.4, -0.2) is 9.97 Å². The van der Waals surface area contributed by atoms with Gasteiger partial charge in [0.25, 0.3) is 0 Å². The van der Waals surface area contributed by atoms with Crippen LogP contribution in [0.3, 0.4) is 0 Å². The van der Waals surface area contributed by atoms with Gasteiger partial charge >= 0.3 is 0 Å². The standard InChI is InChI=1S/C54H36N2S/c1-54(42-14-6-3-7-15-42)47-18-10-8-16-43(47)44-30-28-41(33-48(44)54)36-22-26-38(27-23-36)50-34-49(55-53(56-50)39-12-4-2-5-13-39)37-24-20-35(21-25-37)40-29-31-52-46(32-40)45-17-9-11-19-51(45)57-52/h2-34H,1H3. The number of rotatable bonds is 6. The molecule has 0 spiro atoms. The minimum absolute atomic E-state index is 0.237. The first kappa shape index (κ1) is 33.4. The topological polar surface area (TPSA) is 25.8 Å². The highest BCUT2D eigenvalue weighted by molar-refractivity contribution is 7.25. The van der Waals surface area contributed by atoms with Crippen LogP contribution in [0, 0.1) is 0 Å². The summed E-state index contributed by atoms with van der Waals surface area (Å²) < 4.78 is 2.64. The van der Waals surface area contributed by atoms with Gasteiger partial charge in [0.1, 0.15) is 0 Å². The molecule has 1 atom stereocenters. The van der Waals surface area contributed by atoms with Crippen molar-refractivity contribution in [3.63, 3.8) is 0 Å². The van der Waals surface area contributed by atoms with Gasteiger partial charge in [0.15, 0.2) is 5.82 Å². The molecule has 0 saturated heterocycles. The van der Waals surface area contributed by atoms with Crippen LogP contribution in [0.2, 0.25) is 0 Å². The van der Waals surface area contributed by atoms with Gasteiger partial charge in [-0.3, -0.25) is 0 Å². The average Bonchev–Trinajstić information content (AvgIpc) is 3.79. The quantitative estimate of drug-likeness (QED) is 0.169. The zero-order valence-corrected chi connectivity index (χ0v) is 32.2. The van der Waals surface area contributed by atoms with E-state index in [0.29, 0.717) is 5.82 Å². The molecule has 268 valence electrons. The van der Waals surface area contributed by atoms with Gasteiger partial charge in [-0.2, -0.15) is 0 Å². The Morgan fingerprint density at radius 3 is 1.61 bits per heavy atom. The second-order valence-corrected chi connectivity index (χ2v) is 16.2. The first-order valence-corrected chi connectivity index (χ1v) is 20.3. The van der Waals surface area contributed by atoms with Crippen LogP contribution in [0.25, 0.3) is 87.5 Å². The molecule has 2 heterocycles. The summed E-state index contributed by atoms with van der Waals surface area (Å²) in [5.41, 5.74) is 16.1. The molecule has 57 heavy (non-hydrogen) atoms. The predicted molar refractivity (Wildman–Crippen MR) is 240 cm³/mol. The van der Waals surface area contributed by atoms with Crippen LogP contribution >= 0.6 is 11.3 Å². The molecule has 2 nitrogen and oxygen atoms in total. The van der Waals surface area contributed by atoms with Gasteiger partial charge in [-0.05, 0) is 87.3 Å². The molecule has 1 aliphatic carbocycles. The Morgan fingerprint density at radius 2 is 0.895 bits per heavy atom. The monoisotopic (exact) mass is 744 g/mol. The van der Waals surface area contributed by atoms with E-state index >= 15 is 0 Å². The lowest BCUT2D eigenvalue weighted by Gasteiger charge is -2.28. The zero-order valence-electron chi connectivity index (χ0n) is 31.4. The van der Waals surface area contributed by atoms with Crippen molar-refractivity contribution in [1.29, 1.82) is 0 Å². The Kier molecular flexibility index (Phi) is 7.84. The number of benzene rings is 8. The number of hydrogen-bond acceptors (Lipinski definition) is 3. The number of fused-ring (bicyclic) bond motifs is 6. The molecule has 0 N–H and O–H groups in total. The van der Waals surface area contributed by atoms with Crippen molar-refractivity contribution in [1.82, 2.24) is 9.97 Å². The number of aromatic nitrogens is 2. The minimum atomic E-state index is -0.237. The molecule has 0 radical (unpaired) electrons. The van der Waals surface area contributed by atoms with Gasteiger partial charge in [0.05, 0.1) is 11.4 Å². The summed E-state index contributed by atoms with van der Waals surface area (Å²) >= 11 is 1.85. The summed E-state index contributed by atoms with van der Waals surface area (Å²) in [5, 5.41) is 2.62. The largest absolute Gasteiger partial charge is 0.228 e. The summed E-state index contributed by atoms with van der Waals surface area (Å²) in [6, 6.07) is 72.3. The molecule has 10 aromatic rings. The summed E-state index contributed by atoms with van der Waals surface area (Å²) in [5.74, 6) is 0.712. The van der Waals surface area contributed by atoms with E-state index in [0.717, 1.165) is 28.1 Å². The fraction of sp³-hybridized carbons (Fsp3) is 0.0370. The smallest absolute Gasteiger partial charge is 0.160 e. The van der Waals surface area contributed by atoms with Crippen LogP contribution < -0.4 is 0 Å². The van der Waals surface area contributed by atoms with Crippen molar-refractivity contribution < 1.29 is 0 Å². The maximum Gasteiger partial charge on any atom is 0.160 e. The maximum atomic E-state index is 5.13. The molecule has 0 bridgehead atoms. The lowest BCUT2D eigenvalue weighted by atomic mass is 9.74. The van der Waals surface area contributed by atoms with Crippen LogP contribution in [0.15, 0.2) is 200 Å². The lowest BCUT2D eigenvalue weighted by Crippen LogP contribution is -2.22. The third kappa shape index (κ3) is 5.62. The fourth-order valence-electron chi connectivity index (χ4n) is 8.79. The Labute approximate surface area is 336 Å². The van der Waals surface area contributed by atoms with E-state index in [-0.39, 0.29) is 5.41 Å². The third-order valence-corrected chi connectivity index (χ3v) is 13.0. The average molecular weight is 745 g/mol. The van der Waals surface area contributed by atoms with Gasteiger partial charge in [-0.1, -0.05) is 170 Å². The first-order chi connectivity index (χ1) is 28.1. The Morgan fingerprint density at radius 1 is 0.368 bits per heavy atom. The molecular formula is C54H36N2S. The highest BCUT2D eigenvalue weighted by Gasteiger charge is 2.40. The van der Waals surface area contributed by atoms with Crippen molar-refractivity contribution >= 4 is 31.5 Å². The second-order valence-electron chi connectivity index (χ2n) is 15.1. The number of nitrogens with zero attached hydrogens (tertiary/aromatic N) is 2. The van der Waals surface area contributed by atoms with Crippen LogP contribution in [-0.2, 0) is 5.41 Å². The molecular weight excluding hydrogens is 709 g/mol. The van der Waals surface area contributed by atoms with Crippen LogP contribution in [0.5, 0.6) is 0 Å². The van der Waals surface area contributed by atoms with E-state index in [9.17, 15) is 0 Å². The number of hydrogen-bond donors (Lipinski definition) is 0. The molecule has 2 aromatic heterocycles. The molecule has 11 rings (SSSR count). The summed E-state index contributed by atoms with van der Waals surface area (Å²) in [7, 11) is 0. The van der Waals surface area contributed by atoms with Gasteiger partial charge in [-0.25, -0.2) is 9.97 Å². The highest BCUT2D eigenvalue weighted by Crippen LogP contribution is 2.53. The van der Waals surface area contributed by atoms with Crippen molar-refractivity contribution in [3.8, 4) is 67.3 Å². The van der Waals surface area contributed by atoms with Gasteiger partial charge in [-0.15, -0.1) is 11.3 Å². The summed E-state index contributed by atoms with van der Waals surface area (Å²) in [6.45, 7) is 2.37. The SMILES string of the molecule is CC1(c2ccccc2)c2ccccc2-c2ccc(-c3ccc(-c4cc(-c5ccc(-c6ccc7sc8ccccc8c7c6)cc5)nc(-c5ccccc5)n4)cc3)cc21. The molecule has 3 heteroatoms. The second kappa shape index (κ2) is 13.4. The van der Waals surface area contributed by atoms with Gasteiger partial charge < -0.3 is 0 Å². The van der Waals surface area contributed by atoms with Gasteiger partial charge in [0, 0.05) is 42.3 Å². The van der Waals surface area contributed by atoms with Gasteiger partial charge in [0.2, 0.25) is 0 Å². The summed E-state index contributed by atoms with van der Waals surface area (Å²) in [6.07, 6.45) is 0. The maximum absolute atomic E-state index is 5.13. The van der Waals surface area contributed by atoms with Crippen molar-refractivity contribution in [2.24, 2.45) is 0 Å². The molecule has 1 aliphatic rings. The highest BCUT2D eigenvalue weighted by atomic mass is 32.1. The molecule has 8 aromatic carbocycles. The molecule has 0 aliphatic heterocycles. The van der Waals surface area contributed by atoms with E-state index in [1.54, 1.807) is 0 Å². The first-order valence-electron chi connectivity index (χ1n) is 19.5. The third-order valence-electron chi connectivity index (χ3n) is 11.8. The Balaban J connectivity index is 0.947. The molecule has 1 unspecified atom stereocenters. The fourth-order valence-corrected chi connectivity index (χ4v) is 9.87. The van der Waals surface area contributed by atoms with Crippen LogP contribution in [0.4, 0.5) is 0 Å². The molecule has 0 saturated carbocycles. The van der Waals surface area contributed by atoms with E-state index < -0.39 is 0 Å². The van der Waals surface area contributed by atoms with Crippen LogP contribution in [0.1, 0.15) is 23.6 Å². The van der Waals surface area contributed by atoms with Crippen molar-refractivity contribution in [2.75, 3.05) is 0 Å². The molecule has 0 amide bonds. The molecule has 0 fully saturated rings. The zero-order chi connectivity index (χ0) is 37.9. The lowest BCUT2D eigenvalue weighted by molar-refractivity contribution is 0.714. The normalized spacial score (nSPS) is 14.5. The van der Waals surface area contributed by atoms with E-state index in [2.05, 4.69) is 189 Å². The Bertz CT molecular complexity index is 3110. The van der Waals surface area contributed by atoms with E-state index in [1.807, 2.05) is 29.5 Å². The van der Waals surface area contributed by atoms with Crippen molar-refractivity contribution in [3.05, 3.63) is 217 Å². The van der Waals surface area contributed by atoms with E-state index in [4.69, 9.17) is 9.97 Å². The number of thiophene rings is 1. The minimum Gasteiger partial charge on any atom is -0.228 e. The Hall–Kier alpha value is -6.94. The van der Waals surface area contributed by atoms with E-state index in [1.165, 1.54) is 70.2 Å². The summed E-state index contributed by atoms with van der Waals surface area (Å²) in [4.78, 5) is 10.2.